The second-order valence-corrected chi connectivity index (χ2v) is 4.31. The number of carboxylic acids is 1. The first-order valence-electron chi connectivity index (χ1n) is 5.63. The van der Waals surface area contributed by atoms with E-state index >= 15 is 0 Å². The SMILES string of the molecule is O=C(CC1CNC1)Nc1ccc(O)c(C(=O)O)c1. The van der Waals surface area contributed by atoms with Crippen molar-refractivity contribution < 1.29 is 19.8 Å². The molecule has 0 saturated carbocycles. The van der Waals surface area contributed by atoms with E-state index in [0.717, 1.165) is 13.1 Å². The minimum absolute atomic E-state index is 0.150. The Kier molecular flexibility index (Phi) is 3.47. The van der Waals surface area contributed by atoms with Crippen LogP contribution < -0.4 is 10.6 Å². The number of aromatic carboxylic acids is 1. The molecule has 4 N–H and O–H groups in total. The lowest BCUT2D eigenvalue weighted by atomic mass is 9.99. The Hall–Kier alpha value is -2.08. The van der Waals surface area contributed by atoms with Gasteiger partial charge in [-0.25, -0.2) is 4.79 Å². The third kappa shape index (κ3) is 2.78. The van der Waals surface area contributed by atoms with Crippen molar-refractivity contribution in [3.63, 3.8) is 0 Å². The molecule has 0 spiro atoms. The molecule has 96 valence electrons. The number of nitrogens with one attached hydrogen (secondary N) is 2. The zero-order chi connectivity index (χ0) is 13.1. The van der Waals surface area contributed by atoms with E-state index in [1.54, 1.807) is 0 Å². The van der Waals surface area contributed by atoms with Gasteiger partial charge in [-0.15, -0.1) is 0 Å². The number of carbonyl (C=O) groups is 2. The van der Waals surface area contributed by atoms with Gasteiger partial charge in [-0.3, -0.25) is 4.79 Å². The largest absolute Gasteiger partial charge is 0.507 e. The second kappa shape index (κ2) is 5.05. The van der Waals surface area contributed by atoms with Crippen molar-refractivity contribution >= 4 is 17.6 Å². The van der Waals surface area contributed by atoms with E-state index in [0.29, 0.717) is 18.0 Å². The van der Waals surface area contributed by atoms with Crippen molar-refractivity contribution in [3.05, 3.63) is 23.8 Å². The normalized spacial score (nSPS) is 14.9. The summed E-state index contributed by atoms with van der Waals surface area (Å²) in [6, 6.07) is 3.97. The average Bonchev–Trinajstić information content (AvgIpc) is 2.26. The summed E-state index contributed by atoms with van der Waals surface area (Å²) in [5.74, 6) is -1.35. The van der Waals surface area contributed by atoms with Gasteiger partial charge in [-0.05, 0) is 37.2 Å². The molecular weight excluding hydrogens is 236 g/mol. The van der Waals surface area contributed by atoms with Crippen LogP contribution >= 0.6 is 0 Å². The maximum absolute atomic E-state index is 11.6. The molecule has 6 heteroatoms. The van der Waals surface area contributed by atoms with Crippen molar-refractivity contribution in [2.45, 2.75) is 6.42 Å². The van der Waals surface area contributed by atoms with Crippen LogP contribution in [0.25, 0.3) is 0 Å². The van der Waals surface area contributed by atoms with Crippen molar-refractivity contribution in [3.8, 4) is 5.75 Å². The maximum atomic E-state index is 11.6. The van der Waals surface area contributed by atoms with E-state index in [2.05, 4.69) is 10.6 Å². The lowest BCUT2D eigenvalue weighted by Crippen LogP contribution is -2.43. The first-order chi connectivity index (χ1) is 8.56. The number of hydrogen-bond donors (Lipinski definition) is 4. The Labute approximate surface area is 104 Å². The zero-order valence-corrected chi connectivity index (χ0v) is 9.64. The van der Waals surface area contributed by atoms with E-state index in [-0.39, 0.29) is 17.2 Å². The van der Waals surface area contributed by atoms with Crippen LogP contribution in [-0.2, 0) is 4.79 Å². The number of phenols is 1. The number of aromatic hydroxyl groups is 1. The van der Waals surface area contributed by atoms with Gasteiger partial charge in [0, 0.05) is 12.1 Å². The van der Waals surface area contributed by atoms with Gasteiger partial charge in [0.1, 0.15) is 11.3 Å². The van der Waals surface area contributed by atoms with Gasteiger partial charge < -0.3 is 20.8 Å². The van der Waals surface area contributed by atoms with Gasteiger partial charge >= 0.3 is 5.97 Å². The van der Waals surface area contributed by atoms with Gasteiger partial charge in [0.2, 0.25) is 5.91 Å². The molecule has 0 unspecified atom stereocenters. The molecule has 0 aliphatic carbocycles. The van der Waals surface area contributed by atoms with Crippen LogP contribution in [0.3, 0.4) is 0 Å². The molecule has 0 radical (unpaired) electrons. The van der Waals surface area contributed by atoms with Gasteiger partial charge in [0.15, 0.2) is 0 Å². The van der Waals surface area contributed by atoms with Crippen LogP contribution in [0.4, 0.5) is 5.69 Å². The van der Waals surface area contributed by atoms with E-state index in [4.69, 9.17) is 5.11 Å². The molecule has 1 aliphatic heterocycles. The molecule has 0 bridgehead atoms. The fourth-order valence-corrected chi connectivity index (χ4v) is 1.75. The van der Waals surface area contributed by atoms with Gasteiger partial charge in [0.25, 0.3) is 0 Å². The highest BCUT2D eigenvalue weighted by Crippen LogP contribution is 2.22. The van der Waals surface area contributed by atoms with Crippen LogP contribution in [-0.4, -0.2) is 35.2 Å². The number of carboxylic acid groups (broad SMARTS) is 1. The smallest absolute Gasteiger partial charge is 0.339 e. The molecule has 2 rings (SSSR count). The lowest BCUT2D eigenvalue weighted by molar-refractivity contribution is -0.117. The molecule has 1 fully saturated rings. The summed E-state index contributed by atoms with van der Waals surface area (Å²) < 4.78 is 0. The predicted octanol–water partition coefficient (Wildman–Crippen LogP) is 0.638. The first kappa shape index (κ1) is 12.4. The van der Waals surface area contributed by atoms with Crippen LogP contribution in [0.1, 0.15) is 16.8 Å². The number of rotatable bonds is 4. The summed E-state index contributed by atoms with van der Waals surface area (Å²) in [6.45, 7) is 1.67. The predicted molar refractivity (Wildman–Crippen MR) is 64.7 cm³/mol. The number of carbonyl (C=O) groups excluding carboxylic acids is 1. The Bertz CT molecular complexity index is 483. The van der Waals surface area contributed by atoms with Crippen molar-refractivity contribution in [2.24, 2.45) is 5.92 Å². The first-order valence-corrected chi connectivity index (χ1v) is 5.63. The lowest BCUT2D eigenvalue weighted by Gasteiger charge is -2.26. The van der Waals surface area contributed by atoms with Gasteiger partial charge in [-0.2, -0.15) is 0 Å². The molecular formula is C12H14N2O4. The van der Waals surface area contributed by atoms with E-state index in [1.165, 1.54) is 18.2 Å². The molecule has 18 heavy (non-hydrogen) atoms. The number of amides is 1. The zero-order valence-electron chi connectivity index (χ0n) is 9.64. The fourth-order valence-electron chi connectivity index (χ4n) is 1.75. The van der Waals surface area contributed by atoms with Crippen molar-refractivity contribution in [1.29, 1.82) is 0 Å². The molecule has 1 saturated heterocycles. The van der Waals surface area contributed by atoms with Crippen molar-refractivity contribution in [1.82, 2.24) is 5.32 Å². The molecule has 1 aromatic carbocycles. The van der Waals surface area contributed by atoms with E-state index < -0.39 is 5.97 Å². The number of hydrogen-bond acceptors (Lipinski definition) is 4. The summed E-state index contributed by atoms with van der Waals surface area (Å²) in [5, 5.41) is 23.9. The monoisotopic (exact) mass is 250 g/mol. The minimum atomic E-state index is -1.23. The Morgan fingerprint density at radius 2 is 2.11 bits per heavy atom. The molecule has 1 amide bonds. The van der Waals surface area contributed by atoms with Crippen LogP contribution in [0.5, 0.6) is 5.75 Å². The summed E-state index contributed by atoms with van der Waals surface area (Å²) in [6.07, 6.45) is 0.413. The van der Waals surface area contributed by atoms with Gasteiger partial charge in [-0.1, -0.05) is 0 Å². The maximum Gasteiger partial charge on any atom is 0.339 e. The molecule has 1 aliphatic rings. The van der Waals surface area contributed by atoms with Crippen molar-refractivity contribution in [2.75, 3.05) is 18.4 Å². The third-order valence-electron chi connectivity index (χ3n) is 2.85. The van der Waals surface area contributed by atoms with Gasteiger partial charge in [0.05, 0.1) is 0 Å². The highest BCUT2D eigenvalue weighted by molar-refractivity contribution is 5.95. The van der Waals surface area contributed by atoms with Crippen LogP contribution in [0, 0.1) is 5.92 Å². The standard InChI is InChI=1S/C12H14N2O4/c15-10-2-1-8(4-9(10)12(17)18)14-11(16)3-7-5-13-6-7/h1-2,4,7,13,15H,3,5-6H2,(H,14,16)(H,17,18). The summed E-state index contributed by atoms with van der Waals surface area (Å²) in [7, 11) is 0. The Morgan fingerprint density at radius 1 is 1.39 bits per heavy atom. The van der Waals surface area contributed by atoms with E-state index in [1.807, 2.05) is 0 Å². The van der Waals surface area contributed by atoms with Crippen LogP contribution in [0.15, 0.2) is 18.2 Å². The molecule has 1 heterocycles. The Morgan fingerprint density at radius 3 is 2.67 bits per heavy atom. The molecule has 0 aromatic heterocycles. The minimum Gasteiger partial charge on any atom is -0.507 e. The summed E-state index contributed by atoms with van der Waals surface area (Å²) in [5.41, 5.74) is 0.153. The molecule has 6 nitrogen and oxygen atoms in total. The topological polar surface area (TPSA) is 98.7 Å². The van der Waals surface area contributed by atoms with E-state index in [9.17, 15) is 14.7 Å². The number of anilines is 1. The molecule has 1 aromatic rings. The highest BCUT2D eigenvalue weighted by atomic mass is 16.4. The quantitative estimate of drug-likeness (QED) is 0.588. The number of benzene rings is 1. The summed E-state index contributed by atoms with van der Waals surface area (Å²) >= 11 is 0. The highest BCUT2D eigenvalue weighted by Gasteiger charge is 2.20. The average molecular weight is 250 g/mol. The third-order valence-corrected chi connectivity index (χ3v) is 2.85. The summed E-state index contributed by atoms with van der Waals surface area (Å²) in [4.78, 5) is 22.4. The molecule has 0 atom stereocenters. The fraction of sp³-hybridized carbons (Fsp3) is 0.333. The second-order valence-electron chi connectivity index (χ2n) is 4.31. The Balaban J connectivity index is 2.02. The van der Waals surface area contributed by atoms with Crippen LogP contribution in [0.2, 0.25) is 0 Å².